The van der Waals surface area contributed by atoms with Gasteiger partial charge in [0.15, 0.2) is 11.5 Å². The summed E-state index contributed by atoms with van der Waals surface area (Å²) in [5.41, 5.74) is -0.0362. The molecule has 32 heavy (non-hydrogen) atoms. The highest BCUT2D eigenvalue weighted by Crippen LogP contribution is 2.38. The summed E-state index contributed by atoms with van der Waals surface area (Å²) in [6, 6.07) is 5.08. The number of likely N-dealkylation sites (tertiary alicyclic amines) is 1. The van der Waals surface area contributed by atoms with Crippen molar-refractivity contribution in [3.05, 3.63) is 18.2 Å². The van der Waals surface area contributed by atoms with E-state index < -0.39 is 5.54 Å². The van der Waals surface area contributed by atoms with Crippen LogP contribution in [0.5, 0.6) is 11.5 Å². The van der Waals surface area contributed by atoms with Crippen molar-refractivity contribution < 1.29 is 23.9 Å². The molecule has 9 heteroatoms. The summed E-state index contributed by atoms with van der Waals surface area (Å²) in [6.45, 7) is 3.88. The van der Waals surface area contributed by atoms with E-state index >= 15 is 0 Å². The van der Waals surface area contributed by atoms with Crippen molar-refractivity contribution in [1.29, 1.82) is 0 Å². The Morgan fingerprint density at radius 1 is 1.16 bits per heavy atom. The van der Waals surface area contributed by atoms with E-state index in [1.807, 2.05) is 0 Å². The number of piperidine rings is 1. The number of carbonyl (C=O) groups is 3. The highest BCUT2D eigenvalue weighted by atomic mass is 16.7. The SMILES string of the molecule is C[C@H]1CCCC[C@@]12NC(=O)N(CN1CCC(C(=O)Nc3ccc4c(c3)OCO4)CC1)C2=O. The average molecular weight is 443 g/mol. The standard InChI is InChI=1S/C23H30N4O5/c1-15-4-2-3-9-23(15)21(29)27(22(30)25-23)13-26-10-7-16(8-11-26)20(28)24-17-5-6-18-19(12-17)32-14-31-18/h5-6,12,15-16H,2-4,7-11,13-14H2,1H3,(H,24,28)(H,25,30)/t15-,23+/m0/s1. The van der Waals surface area contributed by atoms with Gasteiger partial charge in [-0.05, 0) is 43.7 Å². The molecular formula is C23H30N4O5. The fraction of sp³-hybridized carbons (Fsp3) is 0.609. The Balaban J connectivity index is 1.14. The minimum absolute atomic E-state index is 0.0199. The number of anilines is 1. The zero-order valence-electron chi connectivity index (χ0n) is 18.4. The highest BCUT2D eigenvalue weighted by molar-refractivity contribution is 6.07. The first kappa shape index (κ1) is 21.1. The second kappa shape index (κ2) is 8.27. The Labute approximate surface area is 187 Å². The van der Waals surface area contributed by atoms with Gasteiger partial charge in [0.1, 0.15) is 5.54 Å². The van der Waals surface area contributed by atoms with Crippen LogP contribution in [0.2, 0.25) is 0 Å². The molecule has 1 saturated carbocycles. The second-order valence-corrected chi connectivity index (χ2v) is 9.37. The third-order valence-electron chi connectivity index (χ3n) is 7.44. The van der Waals surface area contributed by atoms with E-state index in [-0.39, 0.29) is 43.1 Å². The van der Waals surface area contributed by atoms with Crippen LogP contribution < -0.4 is 20.1 Å². The number of hydrogen-bond acceptors (Lipinski definition) is 6. The van der Waals surface area contributed by atoms with Crippen molar-refractivity contribution in [3.63, 3.8) is 0 Å². The normalized spacial score (nSPS) is 28.3. The lowest BCUT2D eigenvalue weighted by molar-refractivity contribution is -0.136. The molecule has 3 aliphatic heterocycles. The molecule has 5 rings (SSSR count). The van der Waals surface area contributed by atoms with Gasteiger partial charge < -0.3 is 20.1 Å². The van der Waals surface area contributed by atoms with Gasteiger partial charge in [0.2, 0.25) is 12.7 Å². The monoisotopic (exact) mass is 442 g/mol. The molecule has 3 heterocycles. The van der Waals surface area contributed by atoms with Crippen LogP contribution in [0, 0.1) is 11.8 Å². The first-order valence-corrected chi connectivity index (χ1v) is 11.5. The van der Waals surface area contributed by atoms with Gasteiger partial charge in [0.25, 0.3) is 5.91 Å². The van der Waals surface area contributed by atoms with Gasteiger partial charge in [-0.15, -0.1) is 0 Å². The number of carbonyl (C=O) groups excluding carboxylic acids is 3. The van der Waals surface area contributed by atoms with Crippen LogP contribution in [0.1, 0.15) is 45.4 Å². The predicted molar refractivity (Wildman–Crippen MR) is 116 cm³/mol. The van der Waals surface area contributed by atoms with Crippen LogP contribution in [0.25, 0.3) is 0 Å². The number of benzene rings is 1. The maximum atomic E-state index is 13.2. The number of nitrogens with zero attached hydrogens (tertiary/aromatic N) is 2. The molecule has 2 N–H and O–H groups in total. The van der Waals surface area contributed by atoms with Gasteiger partial charge in [0, 0.05) is 30.8 Å². The average Bonchev–Trinajstić information content (AvgIpc) is 3.35. The van der Waals surface area contributed by atoms with Gasteiger partial charge >= 0.3 is 6.03 Å². The number of imide groups is 1. The summed E-state index contributed by atoms with van der Waals surface area (Å²) in [7, 11) is 0. The van der Waals surface area contributed by atoms with Crippen LogP contribution in [-0.4, -0.2) is 59.7 Å². The van der Waals surface area contributed by atoms with Crippen molar-refractivity contribution >= 4 is 23.5 Å². The Hall–Kier alpha value is -2.81. The van der Waals surface area contributed by atoms with Crippen molar-refractivity contribution in [2.75, 3.05) is 31.9 Å². The van der Waals surface area contributed by atoms with Crippen LogP contribution in [0.15, 0.2) is 18.2 Å². The number of urea groups is 1. The summed E-state index contributed by atoms with van der Waals surface area (Å²) in [5, 5.41) is 5.97. The van der Waals surface area contributed by atoms with Gasteiger partial charge in [-0.3, -0.25) is 14.5 Å². The quantitative estimate of drug-likeness (QED) is 0.695. The van der Waals surface area contributed by atoms with E-state index in [2.05, 4.69) is 22.5 Å². The van der Waals surface area contributed by atoms with Crippen molar-refractivity contribution in [1.82, 2.24) is 15.1 Å². The van der Waals surface area contributed by atoms with Crippen LogP contribution in [-0.2, 0) is 9.59 Å². The molecule has 1 aromatic carbocycles. The fourth-order valence-corrected chi connectivity index (χ4v) is 5.38. The third-order valence-corrected chi connectivity index (χ3v) is 7.44. The number of fused-ring (bicyclic) bond motifs is 1. The first-order valence-electron chi connectivity index (χ1n) is 11.5. The molecule has 1 spiro atoms. The van der Waals surface area contributed by atoms with Crippen molar-refractivity contribution in [3.8, 4) is 11.5 Å². The van der Waals surface area contributed by atoms with Gasteiger partial charge in [0.05, 0.1) is 6.67 Å². The van der Waals surface area contributed by atoms with Gasteiger partial charge in [-0.2, -0.15) is 0 Å². The van der Waals surface area contributed by atoms with Crippen molar-refractivity contribution in [2.24, 2.45) is 11.8 Å². The lowest BCUT2D eigenvalue weighted by Gasteiger charge is -2.37. The maximum absolute atomic E-state index is 13.2. The van der Waals surface area contributed by atoms with Gasteiger partial charge in [-0.1, -0.05) is 19.8 Å². The Kier molecular flexibility index (Phi) is 5.44. The Morgan fingerprint density at radius 2 is 1.94 bits per heavy atom. The molecule has 1 aromatic rings. The summed E-state index contributed by atoms with van der Waals surface area (Å²) in [4.78, 5) is 42.0. The smallest absolute Gasteiger partial charge is 0.326 e. The highest BCUT2D eigenvalue weighted by Gasteiger charge is 2.55. The topological polar surface area (TPSA) is 100 Å². The molecule has 9 nitrogen and oxygen atoms in total. The summed E-state index contributed by atoms with van der Waals surface area (Å²) >= 11 is 0. The first-order chi connectivity index (χ1) is 15.5. The van der Waals surface area contributed by atoms with E-state index in [1.165, 1.54) is 4.90 Å². The maximum Gasteiger partial charge on any atom is 0.326 e. The van der Waals surface area contributed by atoms with E-state index in [4.69, 9.17) is 9.47 Å². The van der Waals surface area contributed by atoms with Crippen LogP contribution in [0.3, 0.4) is 0 Å². The largest absolute Gasteiger partial charge is 0.454 e. The second-order valence-electron chi connectivity index (χ2n) is 9.37. The van der Waals surface area contributed by atoms with E-state index in [0.29, 0.717) is 43.1 Å². The molecule has 172 valence electrons. The molecule has 2 saturated heterocycles. The molecule has 0 unspecified atom stereocenters. The number of amides is 4. The lowest BCUT2D eigenvalue weighted by Crippen LogP contribution is -2.54. The third kappa shape index (κ3) is 3.68. The molecular weight excluding hydrogens is 412 g/mol. The molecule has 1 aliphatic carbocycles. The molecule has 4 aliphatic rings. The fourth-order valence-electron chi connectivity index (χ4n) is 5.38. The number of ether oxygens (including phenoxy) is 2. The molecule has 2 atom stereocenters. The van der Waals surface area contributed by atoms with Crippen LogP contribution in [0.4, 0.5) is 10.5 Å². The molecule has 4 amide bonds. The predicted octanol–water partition coefficient (Wildman–Crippen LogP) is 2.52. The number of hydrogen-bond donors (Lipinski definition) is 2. The summed E-state index contributed by atoms with van der Waals surface area (Å²) in [5.74, 6) is 1.26. The Morgan fingerprint density at radius 3 is 2.72 bits per heavy atom. The lowest BCUT2D eigenvalue weighted by atomic mass is 9.73. The molecule has 3 fully saturated rings. The van der Waals surface area contributed by atoms with E-state index in [0.717, 1.165) is 25.7 Å². The molecule has 0 radical (unpaired) electrons. The zero-order valence-corrected chi connectivity index (χ0v) is 18.4. The van der Waals surface area contributed by atoms with Crippen molar-refractivity contribution in [2.45, 2.75) is 51.0 Å². The summed E-state index contributed by atoms with van der Waals surface area (Å²) < 4.78 is 10.7. The Bertz CT molecular complexity index is 929. The number of rotatable bonds is 4. The number of nitrogens with one attached hydrogen (secondary N) is 2. The van der Waals surface area contributed by atoms with Gasteiger partial charge in [-0.25, -0.2) is 9.69 Å². The molecule has 0 bridgehead atoms. The molecule has 0 aromatic heterocycles. The zero-order chi connectivity index (χ0) is 22.3. The van der Waals surface area contributed by atoms with Crippen LogP contribution >= 0.6 is 0 Å². The summed E-state index contributed by atoms with van der Waals surface area (Å²) in [6.07, 6.45) is 5.12. The minimum Gasteiger partial charge on any atom is -0.454 e. The van der Waals surface area contributed by atoms with E-state index in [9.17, 15) is 14.4 Å². The van der Waals surface area contributed by atoms with E-state index in [1.54, 1.807) is 18.2 Å². The minimum atomic E-state index is -0.724.